The molecule has 2 heterocycles. The van der Waals surface area contributed by atoms with E-state index >= 15 is 0 Å². The highest BCUT2D eigenvalue weighted by Gasteiger charge is 2.46. The van der Waals surface area contributed by atoms with Crippen LogP contribution in [0.2, 0.25) is 0 Å². The molecule has 1 aromatic heterocycles. The molecule has 1 aliphatic carbocycles. The van der Waals surface area contributed by atoms with Crippen LogP contribution in [-0.2, 0) is 31.6 Å². The number of methoxy groups -OCH3 is 1. The van der Waals surface area contributed by atoms with Crippen LogP contribution in [0.1, 0.15) is 57.1 Å². The molecule has 29 heavy (non-hydrogen) atoms. The summed E-state index contributed by atoms with van der Waals surface area (Å²) >= 11 is 0. The van der Waals surface area contributed by atoms with Crippen molar-refractivity contribution >= 4 is 17.6 Å². The molecule has 1 aromatic rings. The van der Waals surface area contributed by atoms with Gasteiger partial charge in [0.2, 0.25) is 11.8 Å². The number of fused-ring (bicyclic) bond motifs is 2. The minimum Gasteiger partial charge on any atom is -0.375 e. The number of hydrogen-bond acceptors (Lipinski definition) is 6. The second kappa shape index (κ2) is 8.26. The van der Waals surface area contributed by atoms with Gasteiger partial charge in [0.1, 0.15) is 18.2 Å². The Kier molecular flexibility index (Phi) is 6.12. The maximum atomic E-state index is 12.5. The van der Waals surface area contributed by atoms with E-state index in [9.17, 15) is 9.59 Å². The maximum absolute atomic E-state index is 12.5. The molecule has 8 nitrogen and oxygen atoms in total. The molecule has 3 rings (SSSR count). The average molecular weight is 404 g/mol. The van der Waals surface area contributed by atoms with Crippen molar-refractivity contribution in [2.45, 2.75) is 57.3 Å². The number of likely N-dealkylation sites (tertiary alicyclic amines) is 1. The van der Waals surface area contributed by atoms with Gasteiger partial charge in [-0.3, -0.25) is 9.59 Å². The molecule has 0 radical (unpaired) electrons. The van der Waals surface area contributed by atoms with Gasteiger partial charge in [-0.05, 0) is 25.7 Å². The Morgan fingerprint density at radius 2 is 2.00 bits per heavy atom. The third kappa shape index (κ3) is 4.37. The third-order valence-electron chi connectivity index (χ3n) is 5.93. The van der Waals surface area contributed by atoms with Crippen LogP contribution in [-0.4, -0.2) is 67.1 Å². The first-order valence-corrected chi connectivity index (χ1v) is 10.3. The number of anilines is 1. The summed E-state index contributed by atoms with van der Waals surface area (Å²) < 4.78 is 5.06. The fourth-order valence-corrected chi connectivity index (χ4v) is 4.33. The Hall–Kier alpha value is -2.22. The lowest BCUT2D eigenvalue weighted by atomic mass is 9.77. The minimum absolute atomic E-state index is 0.0306. The number of aromatic nitrogens is 2. The number of carbonyl (C=O) groups excluding carboxylic acids is 2. The second-order valence-electron chi connectivity index (χ2n) is 9.13. The summed E-state index contributed by atoms with van der Waals surface area (Å²) in [7, 11) is 3.17. The highest BCUT2D eigenvalue weighted by Crippen LogP contribution is 2.46. The summed E-state index contributed by atoms with van der Waals surface area (Å²) in [5.41, 5.74) is 1.76. The van der Waals surface area contributed by atoms with Crippen LogP contribution in [0, 0.1) is 0 Å². The summed E-state index contributed by atoms with van der Waals surface area (Å²) in [5, 5.41) is 5.85. The molecule has 1 unspecified atom stereocenters. The quantitative estimate of drug-likeness (QED) is 0.771. The van der Waals surface area contributed by atoms with Gasteiger partial charge in [0.15, 0.2) is 0 Å². The Balaban J connectivity index is 1.99. The normalized spacial score (nSPS) is 21.2. The number of piperidine rings is 1. The van der Waals surface area contributed by atoms with Gasteiger partial charge < -0.3 is 20.3 Å². The number of rotatable bonds is 5. The van der Waals surface area contributed by atoms with E-state index in [0.29, 0.717) is 6.54 Å². The van der Waals surface area contributed by atoms with Crippen molar-refractivity contribution in [1.29, 1.82) is 0 Å². The first-order chi connectivity index (χ1) is 13.7. The Morgan fingerprint density at radius 1 is 1.24 bits per heavy atom. The summed E-state index contributed by atoms with van der Waals surface area (Å²) in [6.45, 7) is 7.99. The van der Waals surface area contributed by atoms with Crippen LogP contribution < -0.4 is 10.6 Å². The topological polar surface area (TPSA) is 96.5 Å². The lowest BCUT2D eigenvalue weighted by molar-refractivity contribution is -0.137. The standard InChI is InChI=1S/C21H33N5O3/c1-20(2,3)19-24-17-14(18(25-19)23-11-15(27)22-4)7-9-21(17)8-6-10-26(13-21)16(28)12-29-5/h6-13H2,1-5H3,(H,22,27)(H,23,24,25). The number of likely N-dealkylation sites (N-methyl/N-ethyl adjacent to an activating group) is 1. The van der Waals surface area contributed by atoms with Gasteiger partial charge >= 0.3 is 0 Å². The predicted molar refractivity (Wildman–Crippen MR) is 111 cm³/mol. The fourth-order valence-electron chi connectivity index (χ4n) is 4.33. The highest BCUT2D eigenvalue weighted by atomic mass is 16.5. The predicted octanol–water partition coefficient (Wildman–Crippen LogP) is 1.38. The molecular formula is C21H33N5O3. The van der Waals surface area contributed by atoms with E-state index in [0.717, 1.165) is 55.1 Å². The number of carbonyl (C=O) groups is 2. The molecule has 1 spiro atoms. The second-order valence-corrected chi connectivity index (χ2v) is 9.13. The van der Waals surface area contributed by atoms with Crippen molar-refractivity contribution in [3.05, 3.63) is 17.1 Å². The summed E-state index contributed by atoms with van der Waals surface area (Å²) in [5.74, 6) is 1.46. The third-order valence-corrected chi connectivity index (χ3v) is 5.93. The number of hydrogen-bond donors (Lipinski definition) is 2. The zero-order valence-corrected chi connectivity index (χ0v) is 18.2. The van der Waals surface area contributed by atoms with Gasteiger partial charge in [0.25, 0.3) is 0 Å². The lowest BCUT2D eigenvalue weighted by Gasteiger charge is -2.40. The van der Waals surface area contributed by atoms with Gasteiger partial charge in [-0.2, -0.15) is 0 Å². The molecule has 2 amide bonds. The van der Waals surface area contributed by atoms with Gasteiger partial charge in [-0.25, -0.2) is 9.97 Å². The van der Waals surface area contributed by atoms with E-state index in [1.54, 1.807) is 14.2 Å². The molecule has 8 heteroatoms. The Labute approximate surface area is 172 Å². The fraction of sp³-hybridized carbons (Fsp3) is 0.714. The molecule has 1 atom stereocenters. The van der Waals surface area contributed by atoms with Crippen LogP contribution in [0.4, 0.5) is 5.82 Å². The summed E-state index contributed by atoms with van der Waals surface area (Å²) in [4.78, 5) is 36.0. The number of nitrogens with zero attached hydrogens (tertiary/aromatic N) is 3. The van der Waals surface area contributed by atoms with E-state index in [2.05, 4.69) is 31.4 Å². The van der Waals surface area contributed by atoms with Crippen LogP contribution in [0.5, 0.6) is 0 Å². The van der Waals surface area contributed by atoms with E-state index in [4.69, 9.17) is 14.7 Å². The zero-order valence-electron chi connectivity index (χ0n) is 18.2. The first kappa shape index (κ1) is 21.5. The molecule has 1 saturated heterocycles. The van der Waals surface area contributed by atoms with Crippen LogP contribution in [0.3, 0.4) is 0 Å². The molecule has 2 aliphatic rings. The van der Waals surface area contributed by atoms with Crippen LogP contribution in [0.15, 0.2) is 0 Å². The number of nitrogens with one attached hydrogen (secondary N) is 2. The molecule has 1 aliphatic heterocycles. The van der Waals surface area contributed by atoms with Gasteiger partial charge in [-0.15, -0.1) is 0 Å². The van der Waals surface area contributed by atoms with Crippen molar-refractivity contribution < 1.29 is 14.3 Å². The molecule has 1 fully saturated rings. The van der Waals surface area contributed by atoms with Gasteiger partial charge in [0, 0.05) is 43.6 Å². The van der Waals surface area contributed by atoms with E-state index in [-0.39, 0.29) is 35.8 Å². The molecule has 2 N–H and O–H groups in total. The molecule has 160 valence electrons. The van der Waals surface area contributed by atoms with Crippen molar-refractivity contribution in [2.75, 3.05) is 45.7 Å². The van der Waals surface area contributed by atoms with E-state index in [1.165, 1.54) is 0 Å². The average Bonchev–Trinajstić information content (AvgIpc) is 3.03. The van der Waals surface area contributed by atoms with Gasteiger partial charge in [-0.1, -0.05) is 20.8 Å². The van der Waals surface area contributed by atoms with Crippen molar-refractivity contribution in [3.63, 3.8) is 0 Å². The van der Waals surface area contributed by atoms with Crippen molar-refractivity contribution in [1.82, 2.24) is 20.2 Å². The number of ether oxygens (including phenoxy) is 1. The van der Waals surface area contributed by atoms with Crippen LogP contribution in [0.25, 0.3) is 0 Å². The minimum atomic E-state index is -0.220. The first-order valence-electron chi connectivity index (χ1n) is 10.3. The van der Waals surface area contributed by atoms with Gasteiger partial charge in [0.05, 0.1) is 12.2 Å². The smallest absolute Gasteiger partial charge is 0.248 e. The largest absolute Gasteiger partial charge is 0.375 e. The Bertz CT molecular complexity index is 789. The summed E-state index contributed by atoms with van der Waals surface area (Å²) in [6.07, 6.45) is 3.75. The van der Waals surface area contributed by atoms with Crippen molar-refractivity contribution in [2.24, 2.45) is 0 Å². The monoisotopic (exact) mass is 403 g/mol. The maximum Gasteiger partial charge on any atom is 0.248 e. The highest BCUT2D eigenvalue weighted by molar-refractivity contribution is 5.80. The summed E-state index contributed by atoms with van der Waals surface area (Å²) in [6, 6.07) is 0. The zero-order chi connectivity index (χ0) is 21.2. The SMILES string of the molecule is CNC(=O)CNc1nc(C(C)(C)C)nc2c1CCC21CCCN(C(=O)COC)C1. The molecule has 0 bridgehead atoms. The molecular weight excluding hydrogens is 370 g/mol. The molecule has 0 saturated carbocycles. The van der Waals surface area contributed by atoms with E-state index in [1.807, 2.05) is 4.90 Å². The van der Waals surface area contributed by atoms with Crippen molar-refractivity contribution in [3.8, 4) is 0 Å². The Morgan fingerprint density at radius 3 is 2.66 bits per heavy atom. The molecule has 0 aromatic carbocycles. The lowest BCUT2D eigenvalue weighted by Crippen LogP contribution is -2.49. The van der Waals surface area contributed by atoms with Crippen LogP contribution >= 0.6 is 0 Å². The van der Waals surface area contributed by atoms with E-state index < -0.39 is 0 Å². The number of amides is 2.